The SMILES string of the molecule is Cc1ccccc1Nc1nc(-c2ccccc2)c2cc(Br)ccc2n1. The first-order chi connectivity index (χ1) is 12.2. The second-order valence-electron chi connectivity index (χ2n) is 5.86. The summed E-state index contributed by atoms with van der Waals surface area (Å²) in [5.41, 5.74) is 5.07. The summed E-state index contributed by atoms with van der Waals surface area (Å²) in [4.78, 5) is 9.50. The Morgan fingerprint density at radius 1 is 0.840 bits per heavy atom. The van der Waals surface area contributed by atoms with E-state index in [1.165, 1.54) is 0 Å². The second kappa shape index (κ2) is 6.65. The van der Waals surface area contributed by atoms with E-state index in [4.69, 9.17) is 9.97 Å². The average molecular weight is 390 g/mol. The molecule has 3 aromatic carbocycles. The van der Waals surface area contributed by atoms with Gasteiger partial charge in [0.25, 0.3) is 0 Å². The molecule has 122 valence electrons. The third-order valence-corrected chi connectivity index (χ3v) is 4.59. The molecule has 0 spiro atoms. The third-order valence-electron chi connectivity index (χ3n) is 4.10. The Hall–Kier alpha value is -2.72. The van der Waals surface area contributed by atoms with Crippen molar-refractivity contribution in [3.63, 3.8) is 0 Å². The zero-order valence-corrected chi connectivity index (χ0v) is 15.3. The van der Waals surface area contributed by atoms with E-state index in [9.17, 15) is 0 Å². The first-order valence-corrected chi connectivity index (χ1v) is 8.85. The zero-order valence-electron chi connectivity index (χ0n) is 13.7. The van der Waals surface area contributed by atoms with Crippen molar-refractivity contribution in [2.24, 2.45) is 0 Å². The molecule has 25 heavy (non-hydrogen) atoms. The summed E-state index contributed by atoms with van der Waals surface area (Å²) < 4.78 is 1.01. The van der Waals surface area contributed by atoms with Gasteiger partial charge in [0.1, 0.15) is 0 Å². The van der Waals surface area contributed by atoms with Crippen LogP contribution in [0.4, 0.5) is 11.6 Å². The lowest BCUT2D eigenvalue weighted by atomic mass is 10.1. The Balaban J connectivity index is 1.89. The first-order valence-electron chi connectivity index (χ1n) is 8.06. The van der Waals surface area contributed by atoms with Gasteiger partial charge in [0.15, 0.2) is 0 Å². The summed E-state index contributed by atoms with van der Waals surface area (Å²) >= 11 is 3.55. The number of anilines is 2. The van der Waals surface area contributed by atoms with Crippen molar-refractivity contribution < 1.29 is 0 Å². The largest absolute Gasteiger partial charge is 0.324 e. The fraction of sp³-hybridized carbons (Fsp3) is 0.0476. The van der Waals surface area contributed by atoms with Crippen molar-refractivity contribution >= 4 is 38.5 Å². The van der Waals surface area contributed by atoms with Gasteiger partial charge in [0.05, 0.1) is 11.2 Å². The number of hydrogen-bond acceptors (Lipinski definition) is 3. The number of hydrogen-bond donors (Lipinski definition) is 1. The van der Waals surface area contributed by atoms with E-state index in [0.29, 0.717) is 5.95 Å². The minimum Gasteiger partial charge on any atom is -0.324 e. The van der Waals surface area contributed by atoms with Crippen molar-refractivity contribution in [2.75, 3.05) is 5.32 Å². The fourth-order valence-corrected chi connectivity index (χ4v) is 3.17. The summed E-state index contributed by atoms with van der Waals surface area (Å²) in [6, 6.07) is 24.4. The van der Waals surface area contributed by atoms with Crippen molar-refractivity contribution in [3.05, 3.63) is 82.8 Å². The molecule has 0 fully saturated rings. The van der Waals surface area contributed by atoms with E-state index >= 15 is 0 Å². The topological polar surface area (TPSA) is 37.8 Å². The van der Waals surface area contributed by atoms with Gasteiger partial charge in [-0.1, -0.05) is 64.5 Å². The Kier molecular flexibility index (Phi) is 4.20. The molecule has 0 unspecified atom stereocenters. The normalized spacial score (nSPS) is 10.8. The molecule has 4 rings (SSSR count). The van der Waals surface area contributed by atoms with Gasteiger partial charge in [0, 0.05) is 21.1 Å². The number of benzene rings is 3. The van der Waals surface area contributed by atoms with Gasteiger partial charge in [-0.3, -0.25) is 0 Å². The van der Waals surface area contributed by atoms with Crippen LogP contribution in [0, 0.1) is 6.92 Å². The van der Waals surface area contributed by atoms with E-state index in [1.807, 2.05) is 48.5 Å². The molecular weight excluding hydrogens is 374 g/mol. The summed E-state index contributed by atoms with van der Waals surface area (Å²) in [5, 5.41) is 4.38. The molecule has 0 aliphatic rings. The van der Waals surface area contributed by atoms with Crippen LogP contribution >= 0.6 is 15.9 Å². The summed E-state index contributed by atoms with van der Waals surface area (Å²) in [5.74, 6) is 0.600. The molecule has 0 amide bonds. The fourth-order valence-electron chi connectivity index (χ4n) is 2.81. The average Bonchev–Trinajstić information content (AvgIpc) is 2.64. The Labute approximate surface area is 154 Å². The maximum atomic E-state index is 4.81. The second-order valence-corrected chi connectivity index (χ2v) is 6.78. The number of nitrogens with one attached hydrogen (secondary N) is 1. The molecule has 4 heteroatoms. The highest BCUT2D eigenvalue weighted by atomic mass is 79.9. The van der Waals surface area contributed by atoms with Crippen molar-refractivity contribution in [2.45, 2.75) is 6.92 Å². The number of fused-ring (bicyclic) bond motifs is 1. The lowest BCUT2D eigenvalue weighted by molar-refractivity contribution is 1.21. The number of para-hydroxylation sites is 1. The van der Waals surface area contributed by atoms with Crippen molar-refractivity contribution in [1.29, 1.82) is 0 Å². The minimum atomic E-state index is 0.600. The number of halogens is 1. The lowest BCUT2D eigenvalue weighted by Crippen LogP contribution is -2.01. The highest BCUT2D eigenvalue weighted by molar-refractivity contribution is 9.10. The molecule has 1 heterocycles. The molecular formula is C21H16BrN3. The van der Waals surface area contributed by atoms with Crippen LogP contribution < -0.4 is 5.32 Å². The van der Waals surface area contributed by atoms with Gasteiger partial charge in [-0.05, 0) is 36.8 Å². The van der Waals surface area contributed by atoms with E-state index < -0.39 is 0 Å². The van der Waals surface area contributed by atoms with Crippen molar-refractivity contribution in [1.82, 2.24) is 9.97 Å². The molecule has 1 N–H and O–H groups in total. The first kappa shape index (κ1) is 15.8. The smallest absolute Gasteiger partial charge is 0.228 e. The van der Waals surface area contributed by atoms with Gasteiger partial charge >= 0.3 is 0 Å². The number of nitrogens with zero attached hydrogens (tertiary/aromatic N) is 2. The molecule has 0 radical (unpaired) electrons. The van der Waals surface area contributed by atoms with Gasteiger partial charge in [-0.2, -0.15) is 0 Å². The third kappa shape index (κ3) is 3.26. The highest BCUT2D eigenvalue weighted by Crippen LogP contribution is 2.30. The van der Waals surface area contributed by atoms with E-state index in [1.54, 1.807) is 0 Å². The molecule has 4 aromatic rings. The quantitative estimate of drug-likeness (QED) is 0.459. The van der Waals surface area contributed by atoms with E-state index in [-0.39, 0.29) is 0 Å². The van der Waals surface area contributed by atoms with E-state index in [2.05, 4.69) is 52.4 Å². The predicted molar refractivity (Wildman–Crippen MR) is 107 cm³/mol. The van der Waals surface area contributed by atoms with Gasteiger partial charge < -0.3 is 5.32 Å². The van der Waals surface area contributed by atoms with E-state index in [0.717, 1.165) is 37.9 Å². The molecule has 1 aromatic heterocycles. The van der Waals surface area contributed by atoms with Crippen LogP contribution in [0.15, 0.2) is 77.3 Å². The summed E-state index contributed by atoms with van der Waals surface area (Å²) in [7, 11) is 0. The Bertz CT molecular complexity index is 1050. The molecule has 0 saturated heterocycles. The van der Waals surface area contributed by atoms with Crippen LogP contribution in [0.5, 0.6) is 0 Å². The Morgan fingerprint density at radius 3 is 2.40 bits per heavy atom. The molecule has 0 saturated carbocycles. The minimum absolute atomic E-state index is 0.600. The van der Waals surface area contributed by atoms with Crippen LogP contribution in [-0.4, -0.2) is 9.97 Å². The van der Waals surface area contributed by atoms with Crippen LogP contribution in [-0.2, 0) is 0 Å². The van der Waals surface area contributed by atoms with Crippen LogP contribution in [0.3, 0.4) is 0 Å². The molecule has 3 nitrogen and oxygen atoms in total. The lowest BCUT2D eigenvalue weighted by Gasteiger charge is -2.12. The predicted octanol–water partition coefficient (Wildman–Crippen LogP) is 6.11. The maximum Gasteiger partial charge on any atom is 0.228 e. The summed E-state index contributed by atoms with van der Waals surface area (Å²) in [6.07, 6.45) is 0. The van der Waals surface area contributed by atoms with Crippen LogP contribution in [0.25, 0.3) is 22.2 Å². The van der Waals surface area contributed by atoms with Crippen LogP contribution in [0.2, 0.25) is 0 Å². The molecule has 0 aliphatic heterocycles. The number of aromatic nitrogens is 2. The van der Waals surface area contributed by atoms with Gasteiger partial charge in [-0.15, -0.1) is 0 Å². The molecule has 0 bridgehead atoms. The Morgan fingerprint density at radius 2 is 1.60 bits per heavy atom. The number of aryl methyl sites for hydroxylation is 1. The maximum absolute atomic E-state index is 4.81. The van der Waals surface area contributed by atoms with Crippen LogP contribution in [0.1, 0.15) is 5.56 Å². The molecule has 0 atom stereocenters. The standard InChI is InChI=1S/C21H16BrN3/c1-14-7-5-6-10-18(14)23-21-24-19-12-11-16(22)13-17(19)20(25-21)15-8-3-2-4-9-15/h2-13H,1H3,(H,23,24,25). The van der Waals surface area contributed by atoms with Crippen molar-refractivity contribution in [3.8, 4) is 11.3 Å². The number of rotatable bonds is 3. The zero-order chi connectivity index (χ0) is 17.2. The van der Waals surface area contributed by atoms with Gasteiger partial charge in [-0.25, -0.2) is 9.97 Å². The molecule has 0 aliphatic carbocycles. The van der Waals surface area contributed by atoms with Gasteiger partial charge in [0.2, 0.25) is 5.95 Å². The monoisotopic (exact) mass is 389 g/mol. The highest BCUT2D eigenvalue weighted by Gasteiger charge is 2.11. The summed E-state index contributed by atoms with van der Waals surface area (Å²) in [6.45, 7) is 2.07.